The molecule has 1 radical (unpaired) electrons. The summed E-state index contributed by atoms with van der Waals surface area (Å²) in [6.07, 6.45) is 0. The van der Waals surface area contributed by atoms with Gasteiger partial charge in [0.1, 0.15) is 6.61 Å². The average Bonchev–Trinajstić information content (AvgIpc) is 2.10. The van der Waals surface area contributed by atoms with Gasteiger partial charge in [-0.05, 0) is 17.7 Å². The molecule has 0 saturated carbocycles. The van der Waals surface area contributed by atoms with Gasteiger partial charge >= 0.3 is 0 Å². The Morgan fingerprint density at radius 2 is 1.64 bits per heavy atom. The van der Waals surface area contributed by atoms with E-state index in [0.29, 0.717) is 5.56 Å². The van der Waals surface area contributed by atoms with E-state index in [2.05, 4.69) is 4.18 Å². The van der Waals surface area contributed by atoms with Crippen molar-refractivity contribution in [3.8, 4) is 0 Å². The average molecular weight is 275 g/mol. The van der Waals surface area contributed by atoms with Crippen LogP contribution in [0.2, 0.25) is 15.1 Å². The normalized spacial score (nSPS) is 10.9. The van der Waals surface area contributed by atoms with Crippen LogP contribution in [-0.2, 0) is 15.2 Å². The molecular formula is C7H4Cl3O3S. The molecule has 0 N–H and O–H groups in total. The van der Waals surface area contributed by atoms with Crippen molar-refractivity contribution in [3.63, 3.8) is 0 Å². The molecule has 0 bridgehead atoms. The molecule has 0 amide bonds. The van der Waals surface area contributed by atoms with Gasteiger partial charge < -0.3 is 0 Å². The molecule has 1 rings (SSSR count). The summed E-state index contributed by atoms with van der Waals surface area (Å²) in [5.74, 6) is 0. The topological polar surface area (TPSA) is 43.4 Å². The van der Waals surface area contributed by atoms with E-state index >= 15 is 0 Å². The van der Waals surface area contributed by atoms with E-state index in [1.165, 1.54) is 12.1 Å². The minimum atomic E-state index is -2.93. The van der Waals surface area contributed by atoms with Crippen molar-refractivity contribution in [2.75, 3.05) is 0 Å². The maximum Gasteiger partial charge on any atom is 0.257 e. The lowest BCUT2D eigenvalue weighted by molar-refractivity contribution is 0.429. The van der Waals surface area contributed by atoms with Crippen molar-refractivity contribution in [2.45, 2.75) is 0 Å². The van der Waals surface area contributed by atoms with Gasteiger partial charge in [-0.15, -0.1) is 0 Å². The molecule has 0 unspecified atom stereocenters. The van der Waals surface area contributed by atoms with E-state index < -0.39 is 11.0 Å². The summed E-state index contributed by atoms with van der Waals surface area (Å²) in [6, 6.07) is 2.88. The number of thiol groups is 1. The molecule has 0 aliphatic carbocycles. The molecule has 14 heavy (non-hydrogen) atoms. The lowest BCUT2D eigenvalue weighted by atomic mass is 10.2. The molecular weight excluding hydrogens is 270 g/mol. The van der Waals surface area contributed by atoms with Crippen LogP contribution in [-0.4, -0.2) is 8.42 Å². The van der Waals surface area contributed by atoms with Crippen LogP contribution >= 0.6 is 34.8 Å². The maximum atomic E-state index is 10.1. The second kappa shape index (κ2) is 5.19. The Kier molecular flexibility index (Phi) is 4.47. The van der Waals surface area contributed by atoms with Crippen LogP contribution in [0.4, 0.5) is 0 Å². The van der Waals surface area contributed by atoms with Gasteiger partial charge in [-0.2, -0.15) is 0 Å². The second-order valence-corrected chi connectivity index (χ2v) is 4.10. The highest BCUT2D eigenvalue weighted by atomic mass is 35.5. The van der Waals surface area contributed by atoms with Crippen LogP contribution in [0.3, 0.4) is 0 Å². The van der Waals surface area contributed by atoms with E-state index in [4.69, 9.17) is 34.8 Å². The SMILES string of the molecule is O=[SH](=O)O[CH]c1cc(Cl)c(Cl)c(Cl)c1. The zero-order valence-corrected chi connectivity index (χ0v) is 9.70. The summed E-state index contributed by atoms with van der Waals surface area (Å²) in [6.45, 7) is 1.01. The van der Waals surface area contributed by atoms with Gasteiger partial charge in [-0.1, -0.05) is 34.8 Å². The smallest absolute Gasteiger partial charge is 0.257 e. The third kappa shape index (κ3) is 3.29. The number of benzene rings is 1. The van der Waals surface area contributed by atoms with Crippen LogP contribution in [0.15, 0.2) is 12.1 Å². The second-order valence-electron chi connectivity index (χ2n) is 2.25. The third-order valence-electron chi connectivity index (χ3n) is 1.28. The molecule has 0 saturated heterocycles. The molecule has 0 fully saturated rings. The first-order valence-electron chi connectivity index (χ1n) is 3.29. The molecule has 0 aliphatic rings. The van der Waals surface area contributed by atoms with Crippen molar-refractivity contribution < 1.29 is 12.6 Å². The number of hydrogen-bond acceptors (Lipinski definition) is 3. The minimum absolute atomic E-state index is 0.219. The molecule has 77 valence electrons. The lowest BCUT2D eigenvalue weighted by Crippen LogP contribution is -1.88. The van der Waals surface area contributed by atoms with Crippen LogP contribution < -0.4 is 0 Å². The van der Waals surface area contributed by atoms with Gasteiger partial charge in [0.05, 0.1) is 15.1 Å². The van der Waals surface area contributed by atoms with E-state index in [-0.39, 0.29) is 15.1 Å². The Labute approximate surface area is 97.7 Å². The summed E-state index contributed by atoms with van der Waals surface area (Å²) in [5.41, 5.74) is 0.420. The fourth-order valence-electron chi connectivity index (χ4n) is 0.747. The van der Waals surface area contributed by atoms with Crippen LogP contribution in [0.25, 0.3) is 0 Å². The number of hydrogen-bond donors (Lipinski definition) is 1. The monoisotopic (exact) mass is 273 g/mol. The van der Waals surface area contributed by atoms with Gasteiger partial charge in [-0.3, -0.25) is 4.18 Å². The predicted molar refractivity (Wildman–Crippen MR) is 56.3 cm³/mol. The number of halogens is 3. The highest BCUT2D eigenvalue weighted by Gasteiger charge is 2.06. The van der Waals surface area contributed by atoms with Gasteiger partial charge in [0.15, 0.2) is 0 Å². The third-order valence-corrected chi connectivity index (χ3v) is 2.76. The molecule has 0 aromatic heterocycles. The van der Waals surface area contributed by atoms with Gasteiger partial charge in [-0.25, -0.2) is 8.42 Å². The van der Waals surface area contributed by atoms with Crippen LogP contribution in [0, 0.1) is 6.61 Å². The van der Waals surface area contributed by atoms with Crippen molar-refractivity contribution in [3.05, 3.63) is 39.4 Å². The predicted octanol–water partition coefficient (Wildman–Crippen LogP) is 2.70. The lowest BCUT2D eigenvalue weighted by Gasteiger charge is -2.02. The Morgan fingerprint density at radius 3 is 2.07 bits per heavy atom. The molecule has 1 aromatic carbocycles. The van der Waals surface area contributed by atoms with E-state index in [0.717, 1.165) is 6.61 Å². The van der Waals surface area contributed by atoms with Crippen molar-refractivity contribution in [1.82, 2.24) is 0 Å². The Bertz CT molecular complexity index is 386. The van der Waals surface area contributed by atoms with E-state index in [1.54, 1.807) is 0 Å². The largest absolute Gasteiger partial charge is 0.261 e. The van der Waals surface area contributed by atoms with E-state index in [9.17, 15) is 8.42 Å². The van der Waals surface area contributed by atoms with Crippen molar-refractivity contribution in [1.29, 1.82) is 0 Å². The Hall–Kier alpha value is -0.000000000000000167. The van der Waals surface area contributed by atoms with Gasteiger partial charge in [0, 0.05) is 0 Å². The van der Waals surface area contributed by atoms with Crippen LogP contribution in [0.5, 0.6) is 0 Å². The minimum Gasteiger partial charge on any atom is -0.261 e. The summed E-state index contributed by atoms with van der Waals surface area (Å²) in [7, 11) is -2.93. The first-order valence-corrected chi connectivity index (χ1v) is 5.52. The number of rotatable bonds is 3. The van der Waals surface area contributed by atoms with Crippen molar-refractivity contribution >= 4 is 45.8 Å². The molecule has 3 nitrogen and oxygen atoms in total. The summed E-state index contributed by atoms with van der Waals surface area (Å²) < 4.78 is 24.4. The molecule has 0 spiro atoms. The van der Waals surface area contributed by atoms with Crippen molar-refractivity contribution in [2.24, 2.45) is 0 Å². The molecule has 7 heteroatoms. The van der Waals surface area contributed by atoms with E-state index in [1.807, 2.05) is 0 Å². The fourth-order valence-corrected chi connectivity index (χ4v) is 1.57. The van der Waals surface area contributed by atoms with Gasteiger partial charge in [0.25, 0.3) is 11.0 Å². The highest BCUT2D eigenvalue weighted by molar-refractivity contribution is 7.67. The zero-order valence-electron chi connectivity index (χ0n) is 6.54. The fraction of sp³-hybridized carbons (Fsp3) is 0. The molecule has 0 atom stereocenters. The first-order chi connectivity index (χ1) is 6.50. The first kappa shape index (κ1) is 12.1. The summed E-state index contributed by atoms with van der Waals surface area (Å²) in [5, 5.41) is 0.683. The highest BCUT2D eigenvalue weighted by Crippen LogP contribution is 2.31. The molecule has 0 aliphatic heterocycles. The Morgan fingerprint density at radius 1 is 1.14 bits per heavy atom. The quantitative estimate of drug-likeness (QED) is 0.681. The molecule has 1 aromatic rings. The molecule has 0 heterocycles. The zero-order chi connectivity index (χ0) is 10.7. The maximum absolute atomic E-state index is 10.1. The Balaban J connectivity index is 2.89. The van der Waals surface area contributed by atoms with Crippen LogP contribution in [0.1, 0.15) is 5.56 Å². The standard InChI is InChI=1S/C7H4Cl3O3S/c8-5-1-4(3-13-14(11)12)2-6(9)7(5)10/h1-3,14H. The van der Waals surface area contributed by atoms with Gasteiger partial charge in [0.2, 0.25) is 0 Å². The summed E-state index contributed by atoms with van der Waals surface area (Å²) in [4.78, 5) is 0. The summed E-state index contributed by atoms with van der Waals surface area (Å²) >= 11 is 17.1.